The molecule has 0 saturated heterocycles. The molecule has 1 amide bonds. The number of anilines is 2. The average molecular weight is 488 g/mol. The highest BCUT2D eigenvalue weighted by atomic mass is 28.3. The molecule has 1 aliphatic heterocycles. The van der Waals surface area contributed by atoms with E-state index in [4.69, 9.17) is 9.84 Å². The topological polar surface area (TPSA) is 118 Å². The van der Waals surface area contributed by atoms with E-state index >= 15 is 0 Å². The number of carboxylic acid groups (broad SMARTS) is 1. The van der Waals surface area contributed by atoms with Gasteiger partial charge in [0.2, 0.25) is 11.8 Å². The third-order valence-corrected chi connectivity index (χ3v) is 7.91. The van der Waals surface area contributed by atoms with Gasteiger partial charge in [0.1, 0.15) is 17.4 Å². The van der Waals surface area contributed by atoms with Crippen molar-refractivity contribution < 1.29 is 28.6 Å². The Morgan fingerprint density at radius 3 is 2.56 bits per heavy atom. The number of carbonyl (C=O) groups excluding carboxylic acids is 2. The number of ether oxygens (including phenoxy) is 1. The molecule has 3 rings (SSSR count). The number of fused-ring (bicyclic) bond motifs is 1. The number of nitrogens with one attached hydrogen (secondary N) is 2. The predicted molar refractivity (Wildman–Crippen MR) is 130 cm³/mol. The van der Waals surface area contributed by atoms with Crippen LogP contribution in [0.15, 0.2) is 30.3 Å². The van der Waals surface area contributed by atoms with Crippen molar-refractivity contribution in [1.82, 2.24) is 4.98 Å². The van der Waals surface area contributed by atoms with Crippen LogP contribution in [0.3, 0.4) is 0 Å². The number of carboxylic acids is 1. The first kappa shape index (κ1) is 25.4. The molecule has 0 saturated carbocycles. The number of aliphatic carboxylic acids is 1. The average Bonchev–Trinajstić information content (AvgIpc) is 2.76. The summed E-state index contributed by atoms with van der Waals surface area (Å²) in [7, 11) is -0.398. The van der Waals surface area contributed by atoms with Crippen LogP contribution in [0.1, 0.15) is 30.7 Å². The SMILES string of the molecule is COc1ccc2c(n1)NCC(C(=O)CCCC(=O)O)[C@H]2C(=O)Nc1ccc([Si](C)(C)C)c(F)c1. The van der Waals surface area contributed by atoms with E-state index < -0.39 is 31.8 Å². The van der Waals surface area contributed by atoms with Crippen molar-refractivity contribution in [2.75, 3.05) is 24.3 Å². The summed E-state index contributed by atoms with van der Waals surface area (Å²) in [5.41, 5.74) is 0.837. The molecule has 2 heterocycles. The maximum atomic E-state index is 14.7. The molecule has 1 unspecified atom stereocenters. The molecular weight excluding hydrogens is 457 g/mol. The van der Waals surface area contributed by atoms with Crippen LogP contribution in [0.25, 0.3) is 0 Å². The smallest absolute Gasteiger partial charge is 0.303 e. The van der Waals surface area contributed by atoms with Crippen molar-refractivity contribution in [1.29, 1.82) is 0 Å². The van der Waals surface area contributed by atoms with Gasteiger partial charge in [0.05, 0.1) is 27.0 Å². The molecule has 0 fully saturated rings. The molecule has 0 aliphatic carbocycles. The van der Waals surface area contributed by atoms with Gasteiger partial charge in [-0.1, -0.05) is 25.7 Å². The Kier molecular flexibility index (Phi) is 7.70. The third-order valence-electron chi connectivity index (χ3n) is 5.89. The predicted octanol–water partition coefficient (Wildman–Crippen LogP) is 3.36. The first-order valence-electron chi connectivity index (χ1n) is 11.2. The molecule has 0 bridgehead atoms. The Bertz CT molecular complexity index is 1100. The first-order chi connectivity index (χ1) is 16.0. The van der Waals surface area contributed by atoms with Crippen LogP contribution in [-0.4, -0.2) is 49.5 Å². The van der Waals surface area contributed by atoms with Gasteiger partial charge in [0, 0.05) is 36.7 Å². The van der Waals surface area contributed by atoms with Crippen molar-refractivity contribution in [2.24, 2.45) is 5.92 Å². The highest BCUT2D eigenvalue weighted by molar-refractivity contribution is 6.88. The van der Waals surface area contributed by atoms with E-state index in [2.05, 4.69) is 15.6 Å². The zero-order valence-corrected chi connectivity index (χ0v) is 20.8. The Morgan fingerprint density at radius 1 is 1.21 bits per heavy atom. The molecule has 1 aromatic heterocycles. The van der Waals surface area contributed by atoms with Crippen molar-refractivity contribution in [2.45, 2.75) is 44.8 Å². The molecule has 0 radical (unpaired) electrons. The number of hydrogen-bond donors (Lipinski definition) is 3. The molecule has 3 N–H and O–H groups in total. The second kappa shape index (κ2) is 10.3. The minimum atomic E-state index is -1.88. The molecule has 34 heavy (non-hydrogen) atoms. The van der Waals surface area contributed by atoms with Gasteiger partial charge in [-0.25, -0.2) is 4.39 Å². The van der Waals surface area contributed by atoms with E-state index in [1.807, 2.05) is 19.6 Å². The lowest BCUT2D eigenvalue weighted by atomic mass is 9.79. The molecule has 2 aromatic rings. The van der Waals surface area contributed by atoms with E-state index in [1.165, 1.54) is 13.2 Å². The zero-order valence-electron chi connectivity index (χ0n) is 19.8. The minimum Gasteiger partial charge on any atom is -0.481 e. The molecule has 10 heteroatoms. The fraction of sp³-hybridized carbons (Fsp3) is 0.417. The molecule has 8 nitrogen and oxygen atoms in total. The van der Waals surface area contributed by atoms with Crippen molar-refractivity contribution >= 4 is 42.4 Å². The Balaban J connectivity index is 1.89. The Labute approximate surface area is 198 Å². The second-order valence-electron chi connectivity index (χ2n) is 9.40. The zero-order chi connectivity index (χ0) is 25.0. The van der Waals surface area contributed by atoms with E-state index in [0.29, 0.717) is 28.1 Å². The van der Waals surface area contributed by atoms with Crippen LogP contribution in [0.4, 0.5) is 15.9 Å². The van der Waals surface area contributed by atoms with Crippen LogP contribution in [0, 0.1) is 11.7 Å². The van der Waals surface area contributed by atoms with E-state index in [0.717, 1.165) is 0 Å². The van der Waals surface area contributed by atoms with Gasteiger partial charge in [0.15, 0.2) is 0 Å². The van der Waals surface area contributed by atoms with E-state index in [1.54, 1.807) is 24.3 Å². The monoisotopic (exact) mass is 487 g/mol. The van der Waals surface area contributed by atoms with Crippen LogP contribution in [0.5, 0.6) is 5.88 Å². The van der Waals surface area contributed by atoms with Gasteiger partial charge in [0.25, 0.3) is 0 Å². The van der Waals surface area contributed by atoms with Crippen molar-refractivity contribution in [3.63, 3.8) is 0 Å². The molecule has 1 aliphatic rings. The van der Waals surface area contributed by atoms with Gasteiger partial charge in [-0.05, 0) is 29.8 Å². The summed E-state index contributed by atoms with van der Waals surface area (Å²) in [5.74, 6) is -2.80. The summed E-state index contributed by atoms with van der Waals surface area (Å²) in [6.07, 6.45) is 0.109. The highest BCUT2D eigenvalue weighted by Gasteiger charge is 2.39. The van der Waals surface area contributed by atoms with Gasteiger partial charge in [-0.3, -0.25) is 14.4 Å². The normalized spacial score (nSPS) is 17.3. The number of benzene rings is 1. The van der Waals surface area contributed by atoms with Gasteiger partial charge < -0.3 is 20.5 Å². The molecule has 2 atom stereocenters. The van der Waals surface area contributed by atoms with Crippen LogP contribution in [-0.2, 0) is 14.4 Å². The van der Waals surface area contributed by atoms with Crippen molar-refractivity contribution in [3.05, 3.63) is 41.7 Å². The van der Waals surface area contributed by atoms with Crippen LogP contribution >= 0.6 is 0 Å². The number of nitrogens with zero attached hydrogens (tertiary/aromatic N) is 1. The Hall–Kier alpha value is -3.27. The number of aromatic nitrogens is 1. The summed E-state index contributed by atoms with van der Waals surface area (Å²) in [6.45, 7) is 6.28. The molecular formula is C24H30FN3O5Si. The van der Waals surface area contributed by atoms with E-state index in [9.17, 15) is 18.8 Å². The summed E-state index contributed by atoms with van der Waals surface area (Å²) >= 11 is 0. The van der Waals surface area contributed by atoms with Gasteiger partial charge in [-0.15, -0.1) is 0 Å². The summed E-state index contributed by atoms with van der Waals surface area (Å²) in [4.78, 5) is 41.6. The lowest BCUT2D eigenvalue weighted by Gasteiger charge is -2.32. The van der Waals surface area contributed by atoms with E-state index in [-0.39, 0.29) is 37.4 Å². The molecule has 182 valence electrons. The van der Waals surface area contributed by atoms with Crippen molar-refractivity contribution in [3.8, 4) is 5.88 Å². The minimum absolute atomic E-state index is 0.0425. The lowest BCUT2D eigenvalue weighted by molar-refractivity contribution is -0.137. The maximum Gasteiger partial charge on any atom is 0.303 e. The molecule has 0 spiro atoms. The largest absolute Gasteiger partial charge is 0.481 e. The number of rotatable bonds is 9. The fourth-order valence-corrected chi connectivity index (χ4v) is 5.52. The summed E-state index contributed by atoms with van der Waals surface area (Å²) in [6, 6.07) is 7.98. The second-order valence-corrected chi connectivity index (χ2v) is 14.4. The Morgan fingerprint density at radius 2 is 1.94 bits per heavy atom. The number of Topliss-reactive ketones (excluding diaryl/α,β-unsaturated/α-hetero) is 1. The third kappa shape index (κ3) is 5.80. The summed E-state index contributed by atoms with van der Waals surface area (Å²) < 4.78 is 19.9. The highest BCUT2D eigenvalue weighted by Crippen LogP contribution is 2.37. The number of halogens is 1. The number of pyridine rings is 1. The number of amides is 1. The quantitative estimate of drug-likeness (QED) is 0.464. The number of ketones is 1. The van der Waals surface area contributed by atoms with Crippen LogP contribution in [0.2, 0.25) is 19.6 Å². The lowest BCUT2D eigenvalue weighted by Crippen LogP contribution is -2.41. The molecule has 1 aromatic carbocycles. The first-order valence-corrected chi connectivity index (χ1v) is 14.7. The van der Waals surface area contributed by atoms with Crippen LogP contribution < -0.4 is 20.6 Å². The maximum absolute atomic E-state index is 14.7. The van der Waals surface area contributed by atoms with Gasteiger partial charge in [-0.2, -0.15) is 4.98 Å². The summed E-state index contributed by atoms with van der Waals surface area (Å²) in [5, 5.41) is 15.4. The number of methoxy groups -OCH3 is 1. The fourth-order valence-electron chi connectivity index (χ4n) is 4.14. The van der Waals surface area contributed by atoms with Gasteiger partial charge >= 0.3 is 5.97 Å². The number of hydrogen-bond acceptors (Lipinski definition) is 6. The standard InChI is InChI=1S/C24H30FN3O5Si/c1-33-20-11-9-15-22(16(13-26-23(15)28-20)18(29)6-5-7-21(30)31)24(32)27-14-8-10-19(17(25)12-14)34(2,3)4/h8-12,16,22H,5-7,13H2,1-4H3,(H,26,28)(H,27,32)(H,30,31)/t16?,22-/m0/s1. The number of carbonyl (C=O) groups is 3.